The number of hydrogen-bond acceptors (Lipinski definition) is 11. The fourth-order valence-electron chi connectivity index (χ4n) is 2.53. The molecule has 1 fully saturated rings. The van der Waals surface area contributed by atoms with Crippen LogP contribution in [0.3, 0.4) is 0 Å². The maximum Gasteiger partial charge on any atom is 0.483 e. The second-order valence-electron chi connectivity index (χ2n) is 5.82. The van der Waals surface area contributed by atoms with E-state index in [1.54, 1.807) is 0 Å². The highest BCUT2D eigenvalue weighted by Crippen LogP contribution is 2.60. The number of aromatic nitrogens is 2. The molecule has 0 amide bonds. The van der Waals surface area contributed by atoms with Gasteiger partial charge in [-0.2, -0.15) is 9.29 Å². The molecule has 0 spiro atoms. The predicted molar refractivity (Wildman–Crippen MR) is 88.3 cm³/mol. The number of anilines is 1. The second-order valence-corrected chi connectivity index (χ2v) is 8.58. The Labute approximate surface area is 157 Å². The lowest BCUT2D eigenvalue weighted by atomic mass is 10.0. The van der Waals surface area contributed by atoms with Gasteiger partial charge in [-0.1, -0.05) is 0 Å². The number of rotatable bonds is 7. The number of aliphatic hydroxyl groups is 2. The van der Waals surface area contributed by atoms with Gasteiger partial charge >= 0.3 is 21.3 Å². The first-order valence-electron chi connectivity index (χ1n) is 7.41. The van der Waals surface area contributed by atoms with Crippen LogP contribution in [0.4, 0.5) is 5.82 Å². The van der Waals surface area contributed by atoms with Crippen molar-refractivity contribution in [2.45, 2.75) is 37.3 Å². The zero-order valence-corrected chi connectivity index (χ0v) is 16.2. The second kappa shape index (κ2) is 7.89. The van der Waals surface area contributed by atoms with Gasteiger partial charge in [0.15, 0.2) is 6.23 Å². The van der Waals surface area contributed by atoms with E-state index in [-0.39, 0.29) is 5.82 Å². The maximum absolute atomic E-state index is 11.9. The Bertz CT molecular complexity index is 873. The molecule has 2 rings (SSSR count). The van der Waals surface area contributed by atoms with Gasteiger partial charge in [-0.05, 0) is 13.0 Å². The van der Waals surface area contributed by atoms with Crippen LogP contribution in [0, 0.1) is 0 Å². The molecule has 0 aromatic carbocycles. The quantitative estimate of drug-likeness (QED) is 0.197. The van der Waals surface area contributed by atoms with Crippen molar-refractivity contribution >= 4 is 21.5 Å². The molecular weight excluding hydrogens is 428 g/mol. The van der Waals surface area contributed by atoms with Crippen molar-refractivity contribution in [3.05, 3.63) is 22.7 Å². The summed E-state index contributed by atoms with van der Waals surface area (Å²) in [5.74, 6) is -2.45. The third kappa shape index (κ3) is 5.03. The van der Waals surface area contributed by atoms with Crippen LogP contribution in [0.1, 0.15) is 13.2 Å². The van der Waals surface area contributed by atoms with Crippen molar-refractivity contribution in [1.82, 2.24) is 9.55 Å². The van der Waals surface area contributed by atoms with Gasteiger partial charge in [0.1, 0.15) is 24.1 Å². The highest BCUT2D eigenvalue weighted by Gasteiger charge is 2.56. The summed E-state index contributed by atoms with van der Waals surface area (Å²) in [4.78, 5) is 42.3. The predicted octanol–water partition coefficient (Wildman–Crippen LogP) is -1.97. The first-order chi connectivity index (χ1) is 12.7. The lowest BCUT2D eigenvalue weighted by Crippen LogP contribution is -2.50. The number of phosphoric acid groups is 2. The lowest BCUT2D eigenvalue weighted by molar-refractivity contribution is -0.246. The Morgan fingerprint density at radius 1 is 1.29 bits per heavy atom. The van der Waals surface area contributed by atoms with E-state index in [9.17, 15) is 29.0 Å². The summed E-state index contributed by atoms with van der Waals surface area (Å²) < 4.78 is 42.1. The van der Waals surface area contributed by atoms with E-state index in [1.165, 1.54) is 6.07 Å². The molecule has 0 radical (unpaired) electrons. The molecule has 1 saturated heterocycles. The maximum atomic E-state index is 11.9. The van der Waals surface area contributed by atoms with Crippen LogP contribution in [-0.2, 0) is 27.4 Å². The SMILES string of the molecule is COC(C)(OP(=O)(O)OP(=O)(O)O)[C@H]1O[C@@H](n2ccc(N)nc2=O)[C@H](O)[C@@H]1O. The van der Waals surface area contributed by atoms with Crippen LogP contribution >= 0.6 is 15.6 Å². The number of phosphoric ester groups is 1. The van der Waals surface area contributed by atoms with Gasteiger partial charge in [0.05, 0.1) is 0 Å². The molecule has 17 heteroatoms. The Morgan fingerprint density at radius 3 is 2.39 bits per heavy atom. The van der Waals surface area contributed by atoms with E-state index in [0.29, 0.717) is 0 Å². The van der Waals surface area contributed by atoms with Gasteiger partial charge in [0.25, 0.3) is 0 Å². The highest BCUT2D eigenvalue weighted by molar-refractivity contribution is 7.60. The first kappa shape index (κ1) is 23.1. The Kier molecular flexibility index (Phi) is 6.50. The minimum Gasteiger partial charge on any atom is -0.387 e. The molecular formula is C11H19N3O12P2. The van der Waals surface area contributed by atoms with Crippen LogP contribution in [0.2, 0.25) is 0 Å². The number of methoxy groups -OCH3 is 1. The van der Waals surface area contributed by atoms with Gasteiger partial charge in [-0.3, -0.25) is 9.09 Å². The van der Waals surface area contributed by atoms with Crippen molar-refractivity contribution in [2.75, 3.05) is 12.8 Å². The molecule has 1 aliphatic rings. The largest absolute Gasteiger partial charge is 0.483 e. The highest BCUT2D eigenvalue weighted by atomic mass is 31.3. The third-order valence-electron chi connectivity index (χ3n) is 3.79. The van der Waals surface area contributed by atoms with Crippen molar-refractivity contribution in [2.24, 2.45) is 0 Å². The van der Waals surface area contributed by atoms with Gasteiger partial charge in [0.2, 0.25) is 5.79 Å². The van der Waals surface area contributed by atoms with Crippen molar-refractivity contribution in [3.63, 3.8) is 0 Å². The fourth-order valence-corrected chi connectivity index (χ4v) is 4.37. The monoisotopic (exact) mass is 447 g/mol. The Morgan fingerprint density at radius 2 is 1.89 bits per heavy atom. The van der Waals surface area contributed by atoms with Crippen LogP contribution in [-0.4, -0.2) is 65.7 Å². The average molecular weight is 447 g/mol. The summed E-state index contributed by atoms with van der Waals surface area (Å²) in [6, 6.07) is 1.22. The minimum atomic E-state index is -5.43. The summed E-state index contributed by atoms with van der Waals surface area (Å²) in [6.07, 6.45) is -5.66. The molecule has 28 heavy (non-hydrogen) atoms. The zero-order valence-electron chi connectivity index (χ0n) is 14.4. The molecule has 0 aliphatic carbocycles. The molecule has 6 atom stereocenters. The molecule has 1 aromatic heterocycles. The zero-order chi connectivity index (χ0) is 21.5. The number of aliphatic hydroxyl groups excluding tert-OH is 2. The summed E-state index contributed by atoms with van der Waals surface area (Å²) in [6.45, 7) is 0.978. The minimum absolute atomic E-state index is 0.105. The lowest BCUT2D eigenvalue weighted by Gasteiger charge is -2.35. The van der Waals surface area contributed by atoms with E-state index in [4.69, 9.17) is 25.0 Å². The normalized spacial score (nSPS) is 30.0. The van der Waals surface area contributed by atoms with Crippen LogP contribution in [0.15, 0.2) is 17.1 Å². The number of hydrogen-bond donors (Lipinski definition) is 6. The Balaban J connectivity index is 2.32. The smallest absolute Gasteiger partial charge is 0.387 e. The van der Waals surface area contributed by atoms with E-state index < -0.39 is 51.7 Å². The van der Waals surface area contributed by atoms with Crippen molar-refractivity contribution < 1.29 is 52.3 Å². The molecule has 2 heterocycles. The molecule has 1 aliphatic heterocycles. The third-order valence-corrected chi connectivity index (χ3v) is 6.06. The molecule has 7 N–H and O–H groups in total. The summed E-state index contributed by atoms with van der Waals surface area (Å²) >= 11 is 0. The standard InChI is InChI=1S/C11H19N3O12P2/c1-11(23-2,25-28(21,22)26-27(18,19)20)8-6(15)7(16)9(24-8)14-4-3-5(12)13-10(14)17/h3-4,6-9,15-16H,1-2H3,(H,21,22)(H2,12,13,17)(H2,18,19,20)/t6-,7+,8-,9+,11?/m0/s1. The summed E-state index contributed by atoms with van der Waals surface area (Å²) in [5.41, 5.74) is 4.45. The molecule has 0 saturated carbocycles. The van der Waals surface area contributed by atoms with Gasteiger partial charge in [0, 0.05) is 13.3 Å². The first-order valence-corrected chi connectivity index (χ1v) is 10.4. The van der Waals surface area contributed by atoms with Crippen molar-refractivity contribution in [1.29, 1.82) is 0 Å². The van der Waals surface area contributed by atoms with Gasteiger partial charge in [-0.25, -0.2) is 13.9 Å². The number of nitrogen functional groups attached to an aromatic ring is 1. The van der Waals surface area contributed by atoms with Crippen LogP contribution < -0.4 is 11.4 Å². The van der Waals surface area contributed by atoms with E-state index in [2.05, 4.69) is 13.8 Å². The fraction of sp³-hybridized carbons (Fsp3) is 0.636. The van der Waals surface area contributed by atoms with Gasteiger partial charge < -0.3 is 40.1 Å². The van der Waals surface area contributed by atoms with E-state index in [1.807, 2.05) is 0 Å². The molecule has 2 unspecified atom stereocenters. The van der Waals surface area contributed by atoms with Crippen molar-refractivity contribution in [3.8, 4) is 0 Å². The number of nitrogens with zero attached hydrogens (tertiary/aromatic N) is 2. The average Bonchev–Trinajstić information content (AvgIpc) is 2.81. The topological polar surface area (TPSA) is 233 Å². The van der Waals surface area contributed by atoms with Crippen LogP contribution in [0.5, 0.6) is 0 Å². The number of nitrogens with two attached hydrogens (primary N) is 1. The van der Waals surface area contributed by atoms with E-state index >= 15 is 0 Å². The summed E-state index contributed by atoms with van der Waals surface area (Å²) in [7, 11) is -9.88. The molecule has 1 aromatic rings. The van der Waals surface area contributed by atoms with E-state index in [0.717, 1.165) is 24.8 Å². The Hall–Kier alpha value is -1.22. The van der Waals surface area contributed by atoms with Crippen LogP contribution in [0.25, 0.3) is 0 Å². The molecule has 15 nitrogen and oxygen atoms in total. The summed E-state index contributed by atoms with van der Waals surface area (Å²) in [5, 5.41) is 20.5. The number of ether oxygens (including phenoxy) is 2. The van der Waals surface area contributed by atoms with Gasteiger partial charge in [-0.15, -0.1) is 0 Å². The molecule has 0 bridgehead atoms. The molecule has 160 valence electrons.